The van der Waals surface area contributed by atoms with Gasteiger partial charge in [-0.15, -0.1) is 0 Å². The van der Waals surface area contributed by atoms with Crippen LogP contribution in [0.25, 0.3) is 0 Å². The number of piperidine rings is 1. The van der Waals surface area contributed by atoms with Gasteiger partial charge in [0.1, 0.15) is 0 Å². The van der Waals surface area contributed by atoms with Gasteiger partial charge in [0.25, 0.3) is 0 Å². The van der Waals surface area contributed by atoms with E-state index in [1.165, 1.54) is 0 Å². The fourth-order valence-electron chi connectivity index (χ4n) is 3.03. The lowest BCUT2D eigenvalue weighted by Gasteiger charge is -2.45. The summed E-state index contributed by atoms with van der Waals surface area (Å²) in [6, 6.07) is 0.634. The Bertz CT molecular complexity index is 273. The van der Waals surface area contributed by atoms with Crippen molar-refractivity contribution < 1.29 is 4.79 Å². The highest BCUT2D eigenvalue weighted by Crippen LogP contribution is 2.42. The number of carbonyl (C=O) groups excluding carboxylic acids is 1. The topological polar surface area (TPSA) is 49.6 Å². The van der Waals surface area contributed by atoms with Crippen LogP contribution in [0.15, 0.2) is 0 Å². The van der Waals surface area contributed by atoms with Crippen molar-refractivity contribution >= 4 is 5.91 Å². The van der Waals surface area contributed by atoms with Crippen molar-refractivity contribution in [1.29, 1.82) is 0 Å². The first-order chi connectivity index (χ1) is 8.09. The lowest BCUT2D eigenvalue weighted by atomic mass is 9.67. The van der Waals surface area contributed by atoms with Crippen LogP contribution in [0.2, 0.25) is 0 Å². The van der Waals surface area contributed by atoms with E-state index in [4.69, 9.17) is 5.73 Å². The third-order valence-corrected chi connectivity index (χ3v) is 4.64. The minimum absolute atomic E-state index is 0.190. The number of nitrogens with zero attached hydrogens (tertiary/aromatic N) is 2. The van der Waals surface area contributed by atoms with Crippen molar-refractivity contribution in [2.75, 3.05) is 33.7 Å². The molecule has 4 heteroatoms. The summed E-state index contributed by atoms with van der Waals surface area (Å²) in [6.45, 7) is 2.34. The van der Waals surface area contributed by atoms with Crippen LogP contribution >= 0.6 is 0 Å². The lowest BCUT2D eigenvalue weighted by molar-refractivity contribution is -0.148. The molecule has 0 spiro atoms. The van der Waals surface area contributed by atoms with E-state index in [2.05, 4.69) is 19.0 Å². The highest BCUT2D eigenvalue weighted by Gasteiger charge is 2.45. The first kappa shape index (κ1) is 12.8. The predicted octanol–water partition coefficient (Wildman–Crippen LogP) is 0.668. The van der Waals surface area contributed by atoms with Crippen molar-refractivity contribution in [3.8, 4) is 0 Å². The number of nitrogens with two attached hydrogens (primary N) is 1. The summed E-state index contributed by atoms with van der Waals surface area (Å²) in [7, 11) is 4.24. The normalized spacial score (nSPS) is 24.8. The van der Waals surface area contributed by atoms with Gasteiger partial charge in [0, 0.05) is 25.7 Å². The highest BCUT2D eigenvalue weighted by atomic mass is 16.2. The zero-order chi connectivity index (χ0) is 12.5. The van der Waals surface area contributed by atoms with Crippen molar-refractivity contribution in [2.24, 2.45) is 11.1 Å². The number of carbonyl (C=O) groups is 1. The first-order valence-electron chi connectivity index (χ1n) is 6.75. The number of rotatable bonds is 3. The van der Waals surface area contributed by atoms with E-state index < -0.39 is 0 Å². The molecule has 17 heavy (non-hydrogen) atoms. The van der Waals surface area contributed by atoms with Gasteiger partial charge in [-0.2, -0.15) is 0 Å². The zero-order valence-corrected chi connectivity index (χ0v) is 11.1. The van der Waals surface area contributed by atoms with Crippen molar-refractivity contribution in [1.82, 2.24) is 9.80 Å². The average Bonchev–Trinajstić information content (AvgIpc) is 2.28. The van der Waals surface area contributed by atoms with Crippen LogP contribution in [-0.2, 0) is 4.79 Å². The molecule has 98 valence electrons. The molecule has 0 atom stereocenters. The molecular weight excluding hydrogens is 214 g/mol. The fourth-order valence-corrected chi connectivity index (χ4v) is 3.03. The average molecular weight is 239 g/mol. The summed E-state index contributed by atoms with van der Waals surface area (Å²) in [5.74, 6) is 0.323. The van der Waals surface area contributed by atoms with E-state index in [1.807, 2.05) is 4.90 Å². The van der Waals surface area contributed by atoms with Crippen LogP contribution in [-0.4, -0.2) is 55.5 Å². The predicted molar refractivity (Wildman–Crippen MR) is 68.6 cm³/mol. The summed E-state index contributed by atoms with van der Waals surface area (Å²) in [6.07, 6.45) is 5.35. The third-order valence-electron chi connectivity index (χ3n) is 4.64. The van der Waals surface area contributed by atoms with Gasteiger partial charge >= 0.3 is 0 Å². The van der Waals surface area contributed by atoms with E-state index in [-0.39, 0.29) is 5.41 Å². The molecule has 2 aliphatic rings. The van der Waals surface area contributed by atoms with Crippen LogP contribution in [0.1, 0.15) is 32.1 Å². The first-order valence-corrected chi connectivity index (χ1v) is 6.75. The van der Waals surface area contributed by atoms with Gasteiger partial charge in [0.15, 0.2) is 0 Å². The van der Waals surface area contributed by atoms with Gasteiger partial charge in [0.05, 0.1) is 5.41 Å². The Morgan fingerprint density at radius 2 is 1.94 bits per heavy atom. The van der Waals surface area contributed by atoms with E-state index in [1.54, 1.807) is 0 Å². The molecule has 2 fully saturated rings. The Balaban J connectivity index is 1.90. The van der Waals surface area contributed by atoms with E-state index in [0.29, 0.717) is 18.5 Å². The summed E-state index contributed by atoms with van der Waals surface area (Å²) < 4.78 is 0. The standard InChI is InChI=1S/C13H25N3O/c1-15(2)11-4-8-16(9-5-11)12(17)13(10-14)6-3-7-13/h11H,3-10,14H2,1-2H3. The van der Waals surface area contributed by atoms with E-state index >= 15 is 0 Å². The van der Waals surface area contributed by atoms with Crippen molar-refractivity contribution in [3.05, 3.63) is 0 Å². The molecule has 1 aliphatic carbocycles. The molecule has 0 aromatic carbocycles. The maximum atomic E-state index is 12.4. The highest BCUT2D eigenvalue weighted by molar-refractivity contribution is 5.84. The van der Waals surface area contributed by atoms with Gasteiger partial charge in [-0.25, -0.2) is 0 Å². The Kier molecular flexibility index (Phi) is 3.73. The number of hydrogen-bond acceptors (Lipinski definition) is 3. The minimum Gasteiger partial charge on any atom is -0.342 e. The summed E-state index contributed by atoms with van der Waals surface area (Å²) in [5, 5.41) is 0. The van der Waals surface area contributed by atoms with Crippen molar-refractivity contribution in [2.45, 2.75) is 38.1 Å². The Labute approximate surface area is 104 Å². The van der Waals surface area contributed by atoms with Gasteiger partial charge in [-0.1, -0.05) is 6.42 Å². The van der Waals surface area contributed by atoms with Gasteiger partial charge < -0.3 is 15.5 Å². The maximum Gasteiger partial charge on any atom is 0.230 e. The molecule has 1 heterocycles. The van der Waals surface area contributed by atoms with Crippen molar-refractivity contribution in [3.63, 3.8) is 0 Å². The second-order valence-electron chi connectivity index (χ2n) is 5.82. The molecule has 0 unspecified atom stereocenters. The van der Waals surface area contributed by atoms with Crippen LogP contribution < -0.4 is 5.73 Å². The third kappa shape index (κ3) is 2.33. The monoisotopic (exact) mass is 239 g/mol. The molecule has 2 N–H and O–H groups in total. The molecule has 0 aromatic rings. The van der Waals surface area contributed by atoms with Gasteiger partial charge in [0.2, 0.25) is 5.91 Å². The molecule has 4 nitrogen and oxygen atoms in total. The summed E-state index contributed by atoms with van der Waals surface area (Å²) >= 11 is 0. The summed E-state index contributed by atoms with van der Waals surface area (Å²) in [4.78, 5) is 16.8. The molecule has 0 bridgehead atoms. The fraction of sp³-hybridized carbons (Fsp3) is 0.923. The Morgan fingerprint density at radius 3 is 2.29 bits per heavy atom. The molecule has 1 saturated heterocycles. The second kappa shape index (κ2) is 4.94. The maximum absolute atomic E-state index is 12.4. The quantitative estimate of drug-likeness (QED) is 0.787. The zero-order valence-electron chi connectivity index (χ0n) is 11.1. The largest absolute Gasteiger partial charge is 0.342 e. The Hall–Kier alpha value is -0.610. The van der Waals surface area contributed by atoms with Crippen LogP contribution in [0.5, 0.6) is 0 Å². The molecule has 1 aliphatic heterocycles. The molecule has 1 saturated carbocycles. The SMILES string of the molecule is CN(C)C1CCN(C(=O)C2(CN)CCC2)CC1. The summed E-state index contributed by atoms with van der Waals surface area (Å²) in [5.41, 5.74) is 5.61. The van der Waals surface area contributed by atoms with Gasteiger partial charge in [-0.3, -0.25) is 4.79 Å². The van der Waals surface area contributed by atoms with E-state index in [0.717, 1.165) is 45.2 Å². The van der Waals surface area contributed by atoms with Crippen LogP contribution in [0.4, 0.5) is 0 Å². The molecular formula is C13H25N3O. The molecule has 2 rings (SSSR count). The van der Waals surface area contributed by atoms with Crippen LogP contribution in [0, 0.1) is 5.41 Å². The van der Waals surface area contributed by atoms with Crippen LogP contribution in [0.3, 0.4) is 0 Å². The molecule has 1 amide bonds. The minimum atomic E-state index is -0.190. The van der Waals surface area contributed by atoms with E-state index in [9.17, 15) is 4.79 Å². The number of likely N-dealkylation sites (tertiary alicyclic amines) is 1. The number of amides is 1. The molecule has 0 aromatic heterocycles. The van der Waals surface area contributed by atoms with Gasteiger partial charge in [-0.05, 0) is 39.8 Å². The number of hydrogen-bond donors (Lipinski definition) is 1. The second-order valence-corrected chi connectivity index (χ2v) is 5.82. The smallest absolute Gasteiger partial charge is 0.230 e. The molecule has 0 radical (unpaired) electrons. The lowest BCUT2D eigenvalue weighted by Crippen LogP contribution is -2.55. The Morgan fingerprint density at radius 1 is 1.35 bits per heavy atom.